The maximum absolute atomic E-state index is 12.4. The number of nitrogens with one attached hydrogen (secondary N) is 2. The van der Waals surface area contributed by atoms with Crippen molar-refractivity contribution in [3.8, 4) is 5.75 Å². The molecule has 3 aromatic heterocycles. The molecule has 2 N–H and O–H groups in total. The van der Waals surface area contributed by atoms with Gasteiger partial charge in [0.2, 0.25) is 0 Å². The number of hydrogen-bond acceptors (Lipinski definition) is 5. The third-order valence-corrected chi connectivity index (χ3v) is 4.88. The number of hydrogen-bond donors (Lipinski definition) is 2. The molecular formula is C17H14F3N5OS. The summed E-state index contributed by atoms with van der Waals surface area (Å²) in [7, 11) is 0. The van der Waals surface area contributed by atoms with Crippen molar-refractivity contribution in [2.24, 2.45) is 0 Å². The van der Waals surface area contributed by atoms with Crippen LogP contribution in [0, 0.1) is 6.92 Å². The molecule has 0 bridgehead atoms. The highest BCUT2D eigenvalue weighted by atomic mass is 32.2. The van der Waals surface area contributed by atoms with E-state index in [2.05, 4.69) is 24.9 Å². The summed E-state index contributed by atoms with van der Waals surface area (Å²) in [6.45, 7) is 0.372. The molecule has 0 saturated heterocycles. The van der Waals surface area contributed by atoms with Crippen LogP contribution in [-0.2, 0) is 5.75 Å². The lowest BCUT2D eigenvalue weighted by atomic mass is 10.2. The van der Waals surface area contributed by atoms with Crippen molar-refractivity contribution in [1.29, 1.82) is 0 Å². The molecule has 4 aromatic rings. The molecule has 0 unspecified atom stereocenters. The second-order valence-electron chi connectivity index (χ2n) is 5.90. The number of aromatic amines is 2. The van der Waals surface area contributed by atoms with Crippen molar-refractivity contribution in [2.75, 3.05) is 6.61 Å². The van der Waals surface area contributed by atoms with Gasteiger partial charge in [-0.25, -0.2) is 9.97 Å². The van der Waals surface area contributed by atoms with Gasteiger partial charge < -0.3 is 14.7 Å². The Bertz CT molecular complexity index is 1060. The van der Waals surface area contributed by atoms with Crippen LogP contribution >= 0.6 is 11.8 Å². The normalized spacial score (nSPS) is 12.1. The molecule has 0 atom stereocenters. The molecule has 0 saturated carbocycles. The lowest BCUT2D eigenvalue weighted by Crippen LogP contribution is -2.19. The molecule has 10 heteroatoms. The van der Waals surface area contributed by atoms with Crippen molar-refractivity contribution >= 4 is 33.8 Å². The second-order valence-corrected chi connectivity index (χ2v) is 6.87. The van der Waals surface area contributed by atoms with Crippen LogP contribution in [0.4, 0.5) is 13.2 Å². The summed E-state index contributed by atoms with van der Waals surface area (Å²) in [5.41, 5.74) is 4.65. The number of aromatic nitrogens is 5. The maximum atomic E-state index is 12.4. The van der Waals surface area contributed by atoms with Crippen LogP contribution < -0.4 is 4.74 Å². The first-order chi connectivity index (χ1) is 12.9. The lowest BCUT2D eigenvalue weighted by Gasteiger charge is -2.13. The number of ether oxygens (including phenoxy) is 1. The van der Waals surface area contributed by atoms with Crippen LogP contribution in [0.2, 0.25) is 0 Å². The smallest absolute Gasteiger partial charge is 0.422 e. The van der Waals surface area contributed by atoms with Crippen LogP contribution in [0.5, 0.6) is 5.75 Å². The zero-order valence-corrected chi connectivity index (χ0v) is 14.9. The topological polar surface area (TPSA) is 79.5 Å². The van der Waals surface area contributed by atoms with Crippen LogP contribution in [0.3, 0.4) is 0 Å². The van der Waals surface area contributed by atoms with Gasteiger partial charge in [0.1, 0.15) is 5.75 Å². The number of imidazole rings is 2. The standard InChI is InChI=1S/C17H14F3N5OS/c1-9-14(21-3-2-15(9)26-7-17(18,19)20)6-27-16-24-12-4-10-11(23-8-22-10)5-13(12)25-16/h2-5,8H,6-7H2,1H3,(H,22,23)(H,24,25). The van der Waals surface area contributed by atoms with Gasteiger partial charge in [-0.05, 0) is 25.1 Å². The van der Waals surface area contributed by atoms with Crippen LogP contribution in [0.25, 0.3) is 22.1 Å². The minimum absolute atomic E-state index is 0.183. The van der Waals surface area contributed by atoms with E-state index in [1.165, 1.54) is 24.0 Å². The van der Waals surface area contributed by atoms with Gasteiger partial charge in [0.25, 0.3) is 0 Å². The molecule has 6 nitrogen and oxygen atoms in total. The number of fused-ring (bicyclic) bond motifs is 2. The van der Waals surface area contributed by atoms with E-state index in [-0.39, 0.29) is 5.75 Å². The Balaban J connectivity index is 1.50. The van der Waals surface area contributed by atoms with Crippen molar-refractivity contribution in [3.63, 3.8) is 0 Å². The van der Waals surface area contributed by atoms with Gasteiger partial charge in [0.15, 0.2) is 11.8 Å². The third-order valence-electron chi connectivity index (χ3n) is 4.00. The number of nitrogens with zero attached hydrogens (tertiary/aromatic N) is 3. The third kappa shape index (κ3) is 3.85. The summed E-state index contributed by atoms with van der Waals surface area (Å²) < 4.78 is 42.0. The van der Waals surface area contributed by atoms with Gasteiger partial charge in [0, 0.05) is 17.5 Å². The molecule has 0 amide bonds. The summed E-state index contributed by atoms with van der Waals surface area (Å²) in [6.07, 6.45) is -1.30. The van der Waals surface area contributed by atoms with E-state index in [0.29, 0.717) is 22.2 Å². The average molecular weight is 393 g/mol. The summed E-state index contributed by atoms with van der Waals surface area (Å²) in [5.74, 6) is 0.633. The average Bonchev–Trinajstić information content (AvgIpc) is 3.22. The van der Waals surface area contributed by atoms with Gasteiger partial charge in [-0.1, -0.05) is 11.8 Å². The number of alkyl halides is 3. The summed E-state index contributed by atoms with van der Waals surface area (Å²) in [5, 5.41) is 0.695. The molecule has 0 aliphatic heterocycles. The van der Waals surface area contributed by atoms with Gasteiger partial charge in [-0.3, -0.25) is 4.98 Å². The Hall–Kier alpha value is -2.75. The van der Waals surface area contributed by atoms with E-state index < -0.39 is 12.8 Å². The summed E-state index contributed by atoms with van der Waals surface area (Å²) >= 11 is 1.42. The van der Waals surface area contributed by atoms with E-state index in [4.69, 9.17) is 4.74 Å². The Morgan fingerprint density at radius 2 is 2.00 bits per heavy atom. The number of pyridine rings is 1. The zero-order chi connectivity index (χ0) is 19.0. The van der Waals surface area contributed by atoms with E-state index >= 15 is 0 Å². The maximum Gasteiger partial charge on any atom is 0.422 e. The minimum atomic E-state index is -4.38. The Kier molecular flexibility index (Phi) is 4.42. The highest BCUT2D eigenvalue weighted by Gasteiger charge is 2.28. The van der Waals surface area contributed by atoms with Gasteiger partial charge in [0.05, 0.1) is 34.1 Å². The van der Waals surface area contributed by atoms with E-state index in [1.54, 1.807) is 13.3 Å². The second kappa shape index (κ2) is 6.76. The molecule has 0 aliphatic carbocycles. The van der Waals surface area contributed by atoms with Gasteiger partial charge >= 0.3 is 6.18 Å². The number of thioether (sulfide) groups is 1. The first-order valence-corrected chi connectivity index (χ1v) is 8.97. The van der Waals surface area contributed by atoms with Crippen LogP contribution in [0.15, 0.2) is 35.9 Å². The first-order valence-electron chi connectivity index (χ1n) is 7.99. The molecule has 1 aromatic carbocycles. The summed E-state index contributed by atoms with van der Waals surface area (Å²) in [4.78, 5) is 19.3. The lowest BCUT2D eigenvalue weighted by molar-refractivity contribution is -0.153. The molecule has 0 fully saturated rings. The molecule has 140 valence electrons. The van der Waals surface area contributed by atoms with Gasteiger partial charge in [-0.15, -0.1) is 0 Å². The quantitative estimate of drug-likeness (QED) is 0.492. The number of H-pyrrole nitrogens is 2. The molecule has 27 heavy (non-hydrogen) atoms. The molecular weight excluding hydrogens is 379 g/mol. The van der Waals surface area contributed by atoms with Crippen molar-refractivity contribution < 1.29 is 17.9 Å². The monoisotopic (exact) mass is 393 g/mol. The zero-order valence-electron chi connectivity index (χ0n) is 14.1. The molecule has 0 spiro atoms. The Morgan fingerprint density at radius 1 is 1.15 bits per heavy atom. The fourth-order valence-corrected chi connectivity index (χ4v) is 3.55. The minimum Gasteiger partial charge on any atom is -0.484 e. The van der Waals surface area contributed by atoms with Gasteiger partial charge in [-0.2, -0.15) is 13.2 Å². The Morgan fingerprint density at radius 3 is 2.81 bits per heavy atom. The predicted molar refractivity (Wildman–Crippen MR) is 95.8 cm³/mol. The largest absolute Gasteiger partial charge is 0.484 e. The number of halogens is 3. The number of rotatable bonds is 5. The first kappa shape index (κ1) is 17.7. The highest BCUT2D eigenvalue weighted by Crippen LogP contribution is 2.28. The molecule has 3 heterocycles. The molecule has 0 radical (unpaired) electrons. The van der Waals surface area contributed by atoms with E-state index in [9.17, 15) is 13.2 Å². The summed E-state index contributed by atoms with van der Waals surface area (Å²) in [6, 6.07) is 5.26. The number of benzene rings is 1. The molecule has 0 aliphatic rings. The predicted octanol–water partition coefficient (Wildman–Crippen LogP) is 4.38. The van der Waals surface area contributed by atoms with Crippen molar-refractivity contribution in [3.05, 3.63) is 42.0 Å². The highest BCUT2D eigenvalue weighted by molar-refractivity contribution is 7.98. The fraction of sp³-hybridized carbons (Fsp3) is 0.235. The van der Waals surface area contributed by atoms with Crippen molar-refractivity contribution in [1.82, 2.24) is 24.9 Å². The fourth-order valence-electron chi connectivity index (χ4n) is 2.64. The van der Waals surface area contributed by atoms with Crippen LogP contribution in [-0.4, -0.2) is 37.7 Å². The molecule has 4 rings (SSSR count). The van der Waals surface area contributed by atoms with E-state index in [1.807, 2.05) is 12.1 Å². The Labute approximate surface area is 155 Å². The SMILES string of the molecule is Cc1c(OCC(F)(F)F)ccnc1CSc1nc2cc3nc[nH]c3cc2[nH]1. The van der Waals surface area contributed by atoms with E-state index in [0.717, 1.165) is 22.1 Å². The van der Waals surface area contributed by atoms with Crippen LogP contribution in [0.1, 0.15) is 11.3 Å². The van der Waals surface area contributed by atoms with Crippen molar-refractivity contribution in [2.45, 2.75) is 24.0 Å².